The quantitative estimate of drug-likeness (QED) is 0.249. The minimum absolute atomic E-state index is 0.00705. The zero-order valence-corrected chi connectivity index (χ0v) is 15.9. The van der Waals surface area contributed by atoms with Crippen LogP contribution in [-0.2, 0) is 16.1 Å². The molecule has 1 saturated carbocycles. The monoisotopic (exact) mass is 376 g/mol. The Labute approximate surface area is 159 Å². The van der Waals surface area contributed by atoms with Crippen molar-refractivity contribution < 1.29 is 14.5 Å². The number of aliphatic imine (C=N–C) groups is 1. The molecule has 0 amide bonds. The molecule has 1 aliphatic rings. The summed E-state index contributed by atoms with van der Waals surface area (Å²) < 4.78 is 5.11. The number of hydrogen-bond acceptors (Lipinski definition) is 5. The van der Waals surface area contributed by atoms with E-state index in [1.165, 1.54) is 12.1 Å². The van der Waals surface area contributed by atoms with Crippen LogP contribution in [0, 0.1) is 16.0 Å². The minimum atomic E-state index is -0.404. The highest BCUT2D eigenvalue weighted by Gasteiger charge is 2.27. The molecule has 8 heteroatoms. The lowest BCUT2D eigenvalue weighted by molar-refractivity contribution is -0.384. The number of non-ortho nitro benzene ring substituents is 1. The Hall–Kier alpha value is -2.64. The molecule has 0 bridgehead atoms. The second-order valence-corrected chi connectivity index (χ2v) is 6.57. The second kappa shape index (κ2) is 10.5. The van der Waals surface area contributed by atoms with Crippen molar-refractivity contribution in [2.24, 2.45) is 10.9 Å². The van der Waals surface area contributed by atoms with Crippen LogP contribution in [0.15, 0.2) is 29.3 Å². The van der Waals surface area contributed by atoms with Crippen LogP contribution in [0.2, 0.25) is 0 Å². The van der Waals surface area contributed by atoms with Crippen molar-refractivity contribution in [2.75, 3.05) is 13.2 Å². The Morgan fingerprint density at radius 2 is 2.04 bits per heavy atom. The molecule has 0 aromatic heterocycles. The van der Waals surface area contributed by atoms with Crippen molar-refractivity contribution in [1.82, 2.24) is 10.6 Å². The smallest absolute Gasteiger partial charge is 0.308 e. The summed E-state index contributed by atoms with van der Waals surface area (Å²) in [6.07, 6.45) is 3.37. The number of nitro benzene ring substituents is 1. The summed E-state index contributed by atoms with van der Waals surface area (Å²) in [7, 11) is 0. The Kier molecular flexibility index (Phi) is 8.03. The van der Waals surface area contributed by atoms with Crippen molar-refractivity contribution >= 4 is 17.6 Å². The number of nitrogens with one attached hydrogen (secondary N) is 2. The molecule has 1 fully saturated rings. The second-order valence-electron chi connectivity index (χ2n) is 6.57. The molecule has 0 heterocycles. The van der Waals surface area contributed by atoms with E-state index >= 15 is 0 Å². The van der Waals surface area contributed by atoms with E-state index in [0.29, 0.717) is 19.1 Å². The van der Waals surface area contributed by atoms with E-state index in [1.807, 2.05) is 19.9 Å². The number of guanidine groups is 1. The van der Waals surface area contributed by atoms with Gasteiger partial charge in [0, 0.05) is 24.7 Å². The van der Waals surface area contributed by atoms with E-state index in [1.54, 1.807) is 6.07 Å². The molecule has 1 aliphatic carbocycles. The van der Waals surface area contributed by atoms with E-state index in [-0.39, 0.29) is 23.6 Å². The molecule has 0 radical (unpaired) electrons. The Morgan fingerprint density at radius 3 is 2.67 bits per heavy atom. The number of nitrogens with zero attached hydrogens (tertiary/aromatic N) is 2. The topological polar surface area (TPSA) is 106 Å². The Balaban J connectivity index is 1.92. The molecular formula is C19H28N4O4. The third-order valence-electron chi connectivity index (χ3n) is 4.57. The van der Waals surface area contributed by atoms with E-state index < -0.39 is 4.92 Å². The van der Waals surface area contributed by atoms with Gasteiger partial charge in [-0.15, -0.1) is 0 Å². The zero-order valence-electron chi connectivity index (χ0n) is 15.9. The highest BCUT2D eigenvalue weighted by molar-refractivity contribution is 5.80. The number of nitro groups is 1. The summed E-state index contributed by atoms with van der Waals surface area (Å²) in [5.41, 5.74) is 0.852. The van der Waals surface area contributed by atoms with Gasteiger partial charge in [-0.3, -0.25) is 14.9 Å². The number of hydrogen-bond donors (Lipinski definition) is 2. The molecule has 0 saturated heterocycles. The first-order valence-electron chi connectivity index (χ1n) is 9.48. The number of ether oxygens (including phenoxy) is 1. The number of carbonyl (C=O) groups excluding carboxylic acids is 1. The zero-order chi connectivity index (χ0) is 19.6. The molecule has 0 atom stereocenters. The van der Waals surface area contributed by atoms with Crippen LogP contribution in [0.25, 0.3) is 0 Å². The van der Waals surface area contributed by atoms with Crippen molar-refractivity contribution in [3.63, 3.8) is 0 Å². The summed E-state index contributed by atoms with van der Waals surface area (Å²) in [6.45, 7) is 5.31. The summed E-state index contributed by atoms with van der Waals surface area (Å²) in [6, 6.07) is 6.75. The van der Waals surface area contributed by atoms with Gasteiger partial charge in [0.15, 0.2) is 5.96 Å². The lowest BCUT2D eigenvalue weighted by Gasteiger charge is -2.29. The van der Waals surface area contributed by atoms with Gasteiger partial charge < -0.3 is 15.4 Å². The normalized spacial score (nSPS) is 20.0. The van der Waals surface area contributed by atoms with E-state index in [9.17, 15) is 14.9 Å². The van der Waals surface area contributed by atoms with Crippen LogP contribution in [0.4, 0.5) is 5.69 Å². The molecule has 1 aromatic rings. The van der Waals surface area contributed by atoms with Crippen molar-refractivity contribution in [1.29, 1.82) is 0 Å². The SMILES string of the molecule is CCNC(=NCc1cccc([N+](=O)[O-])c1)NC1CCC(C(=O)OCC)CC1. The molecule has 8 nitrogen and oxygen atoms in total. The fourth-order valence-corrected chi connectivity index (χ4v) is 3.19. The van der Waals surface area contributed by atoms with Crippen LogP contribution in [0.3, 0.4) is 0 Å². The molecule has 2 N–H and O–H groups in total. The van der Waals surface area contributed by atoms with Gasteiger partial charge >= 0.3 is 5.97 Å². The van der Waals surface area contributed by atoms with Gasteiger partial charge in [0.1, 0.15) is 0 Å². The predicted molar refractivity (Wildman–Crippen MR) is 103 cm³/mol. The fourth-order valence-electron chi connectivity index (χ4n) is 3.19. The van der Waals surface area contributed by atoms with Gasteiger partial charge in [0.25, 0.3) is 5.69 Å². The number of benzene rings is 1. The number of esters is 1. The summed E-state index contributed by atoms with van der Waals surface area (Å²) >= 11 is 0. The summed E-state index contributed by atoms with van der Waals surface area (Å²) in [5, 5.41) is 17.5. The van der Waals surface area contributed by atoms with Gasteiger partial charge in [-0.2, -0.15) is 0 Å². The predicted octanol–water partition coefficient (Wildman–Crippen LogP) is 2.77. The largest absolute Gasteiger partial charge is 0.466 e. The van der Waals surface area contributed by atoms with Gasteiger partial charge in [0.2, 0.25) is 0 Å². The van der Waals surface area contributed by atoms with Crippen LogP contribution >= 0.6 is 0 Å². The highest BCUT2D eigenvalue weighted by atomic mass is 16.6. The van der Waals surface area contributed by atoms with Gasteiger partial charge in [-0.25, -0.2) is 4.99 Å². The highest BCUT2D eigenvalue weighted by Crippen LogP contribution is 2.25. The Bertz CT molecular complexity index is 669. The van der Waals surface area contributed by atoms with Gasteiger partial charge in [-0.05, 0) is 45.1 Å². The maximum Gasteiger partial charge on any atom is 0.308 e. The minimum Gasteiger partial charge on any atom is -0.466 e. The average Bonchev–Trinajstić information content (AvgIpc) is 2.67. The first-order valence-corrected chi connectivity index (χ1v) is 9.48. The van der Waals surface area contributed by atoms with E-state index in [0.717, 1.165) is 37.8 Å². The van der Waals surface area contributed by atoms with Crippen molar-refractivity contribution in [3.05, 3.63) is 39.9 Å². The van der Waals surface area contributed by atoms with E-state index in [4.69, 9.17) is 4.74 Å². The molecule has 1 aromatic carbocycles. The molecule has 27 heavy (non-hydrogen) atoms. The fraction of sp³-hybridized carbons (Fsp3) is 0.579. The molecule has 148 valence electrons. The lowest BCUT2D eigenvalue weighted by atomic mass is 9.86. The van der Waals surface area contributed by atoms with Crippen molar-refractivity contribution in [2.45, 2.75) is 52.1 Å². The number of rotatable bonds is 7. The van der Waals surface area contributed by atoms with Crippen LogP contribution in [0.1, 0.15) is 45.1 Å². The van der Waals surface area contributed by atoms with Gasteiger partial charge in [-0.1, -0.05) is 12.1 Å². The maximum atomic E-state index is 11.8. The molecule has 0 spiro atoms. The standard InChI is InChI=1S/C19H28N4O4/c1-3-20-19(21-13-14-6-5-7-17(12-14)23(25)26)22-16-10-8-15(9-11-16)18(24)27-4-2/h5-7,12,15-16H,3-4,8-11,13H2,1-2H3,(H2,20,21,22). The Morgan fingerprint density at radius 1 is 1.30 bits per heavy atom. The number of carbonyl (C=O) groups is 1. The van der Waals surface area contributed by atoms with E-state index in [2.05, 4.69) is 15.6 Å². The molecule has 0 unspecified atom stereocenters. The molecular weight excluding hydrogens is 348 g/mol. The average molecular weight is 376 g/mol. The summed E-state index contributed by atoms with van der Waals surface area (Å²) in [4.78, 5) is 26.9. The molecule has 2 rings (SSSR count). The third-order valence-corrected chi connectivity index (χ3v) is 4.57. The van der Waals surface area contributed by atoms with Crippen LogP contribution in [0.5, 0.6) is 0 Å². The third kappa shape index (κ3) is 6.54. The molecule has 0 aliphatic heterocycles. The first-order chi connectivity index (χ1) is 13.0. The van der Waals surface area contributed by atoms with Crippen molar-refractivity contribution in [3.8, 4) is 0 Å². The van der Waals surface area contributed by atoms with Crippen LogP contribution < -0.4 is 10.6 Å². The summed E-state index contributed by atoms with van der Waals surface area (Å²) in [5.74, 6) is 0.582. The first kappa shape index (κ1) is 20.7. The van der Waals surface area contributed by atoms with Crippen LogP contribution in [-0.4, -0.2) is 36.0 Å². The maximum absolute atomic E-state index is 11.8. The van der Waals surface area contributed by atoms with Gasteiger partial charge in [0.05, 0.1) is 24.0 Å². The lowest BCUT2D eigenvalue weighted by Crippen LogP contribution is -2.45.